The maximum atomic E-state index is 12.3. The summed E-state index contributed by atoms with van der Waals surface area (Å²) in [4.78, 5) is 33.9. The van der Waals surface area contributed by atoms with Crippen molar-refractivity contribution in [3.05, 3.63) is 72.1 Å². The molecule has 0 aliphatic rings. The minimum atomic E-state index is -0.736. The van der Waals surface area contributed by atoms with Gasteiger partial charge in [0, 0.05) is 18.4 Å². The van der Waals surface area contributed by atoms with Crippen molar-refractivity contribution in [1.82, 2.24) is 14.5 Å². The van der Waals surface area contributed by atoms with E-state index in [9.17, 15) is 9.59 Å². The fourth-order valence-electron chi connectivity index (χ4n) is 4.26. The van der Waals surface area contributed by atoms with Crippen molar-refractivity contribution in [3.63, 3.8) is 0 Å². The van der Waals surface area contributed by atoms with E-state index in [1.807, 2.05) is 55.5 Å². The predicted molar refractivity (Wildman–Crippen MR) is 153 cm³/mol. The number of carbonyl (C=O) groups is 2. The molecule has 2 aromatic carbocycles. The van der Waals surface area contributed by atoms with Crippen LogP contribution in [0.2, 0.25) is 0 Å². The van der Waals surface area contributed by atoms with Crippen molar-refractivity contribution >= 4 is 29.0 Å². The summed E-state index contributed by atoms with van der Waals surface area (Å²) in [6.45, 7) is 10.1. The predicted octanol–water partition coefficient (Wildman–Crippen LogP) is 7.15. The van der Waals surface area contributed by atoms with Gasteiger partial charge in [0.15, 0.2) is 5.65 Å². The lowest BCUT2D eigenvalue weighted by atomic mass is 10.0. The number of benzene rings is 2. The van der Waals surface area contributed by atoms with Crippen LogP contribution in [-0.2, 0) is 22.5 Å². The van der Waals surface area contributed by atoms with Gasteiger partial charge in [-0.2, -0.15) is 0 Å². The molecular formula is C31H36N4O4. The van der Waals surface area contributed by atoms with E-state index in [-0.39, 0.29) is 5.91 Å². The normalized spacial score (nSPS) is 11.4. The number of rotatable bonds is 9. The molecule has 39 heavy (non-hydrogen) atoms. The van der Waals surface area contributed by atoms with Gasteiger partial charge in [-0.3, -0.25) is 4.79 Å². The third-order valence-electron chi connectivity index (χ3n) is 5.96. The first-order valence-electron chi connectivity index (χ1n) is 13.4. The highest BCUT2D eigenvalue weighted by Gasteiger charge is 2.20. The van der Waals surface area contributed by atoms with Crippen LogP contribution in [0.1, 0.15) is 65.3 Å². The Bertz CT molecular complexity index is 1450. The van der Waals surface area contributed by atoms with Crippen molar-refractivity contribution in [1.29, 1.82) is 0 Å². The SMILES string of the molecule is CCCC(=O)Nc1ccc2nc(CCC)n(Cc3ccc(-c4ccccc4OC(=O)OC(C)(C)C)cc3)c2n1. The highest BCUT2D eigenvalue weighted by molar-refractivity contribution is 5.90. The zero-order valence-electron chi connectivity index (χ0n) is 23.3. The van der Waals surface area contributed by atoms with Crippen LogP contribution in [0.3, 0.4) is 0 Å². The second-order valence-electron chi connectivity index (χ2n) is 10.5. The number of hydrogen-bond donors (Lipinski definition) is 1. The highest BCUT2D eigenvalue weighted by Crippen LogP contribution is 2.31. The molecular weight excluding hydrogens is 492 g/mol. The first kappa shape index (κ1) is 27.8. The van der Waals surface area contributed by atoms with Crippen molar-refractivity contribution < 1.29 is 19.1 Å². The number of nitrogens with zero attached hydrogens (tertiary/aromatic N) is 3. The van der Waals surface area contributed by atoms with E-state index in [0.29, 0.717) is 24.5 Å². The van der Waals surface area contributed by atoms with E-state index < -0.39 is 11.8 Å². The Kier molecular flexibility index (Phi) is 8.64. The quantitative estimate of drug-likeness (QED) is 0.183. The molecule has 0 fully saturated rings. The standard InChI is InChI=1S/C31H36N4O4/c1-6-10-27-32-24-18-19-26(33-28(36)11-7-2)34-29(24)35(27)20-21-14-16-22(17-15-21)23-12-8-9-13-25(23)38-30(37)39-31(3,4)5/h8-9,12-19H,6-7,10-11,20H2,1-5H3,(H,33,34,36). The average molecular weight is 529 g/mol. The molecule has 204 valence electrons. The van der Waals surface area contributed by atoms with Crippen LogP contribution in [0, 0.1) is 0 Å². The van der Waals surface area contributed by atoms with Crippen LogP contribution >= 0.6 is 0 Å². The number of amides is 1. The third-order valence-corrected chi connectivity index (χ3v) is 5.96. The van der Waals surface area contributed by atoms with Crippen molar-refractivity contribution in [2.45, 2.75) is 72.4 Å². The molecule has 0 aliphatic carbocycles. The summed E-state index contributed by atoms with van der Waals surface area (Å²) in [6, 6.07) is 19.2. The van der Waals surface area contributed by atoms with Crippen LogP contribution in [0.15, 0.2) is 60.7 Å². The molecule has 2 aromatic heterocycles. The lowest BCUT2D eigenvalue weighted by Gasteiger charge is -2.19. The van der Waals surface area contributed by atoms with Crippen molar-refractivity contribution in [2.24, 2.45) is 0 Å². The topological polar surface area (TPSA) is 95.3 Å². The fraction of sp³-hybridized carbons (Fsp3) is 0.355. The maximum absolute atomic E-state index is 12.3. The lowest BCUT2D eigenvalue weighted by molar-refractivity contribution is -0.116. The number of hydrogen-bond acceptors (Lipinski definition) is 6. The lowest BCUT2D eigenvalue weighted by Crippen LogP contribution is -2.26. The van der Waals surface area contributed by atoms with Crippen LogP contribution in [0.5, 0.6) is 5.75 Å². The Morgan fingerprint density at radius 3 is 2.36 bits per heavy atom. The van der Waals surface area contributed by atoms with Gasteiger partial charge in [0.2, 0.25) is 5.91 Å². The molecule has 0 saturated carbocycles. The Hall–Kier alpha value is -4.20. The summed E-state index contributed by atoms with van der Waals surface area (Å²) < 4.78 is 13.0. The summed E-state index contributed by atoms with van der Waals surface area (Å²) in [6.07, 6.45) is 2.27. The molecule has 0 saturated heterocycles. The van der Waals surface area contributed by atoms with E-state index in [4.69, 9.17) is 19.4 Å². The Balaban J connectivity index is 1.59. The van der Waals surface area contributed by atoms with Gasteiger partial charge in [-0.1, -0.05) is 56.3 Å². The number of aryl methyl sites for hydroxylation is 1. The smallest absolute Gasteiger partial charge is 0.428 e. The molecule has 0 aliphatic heterocycles. The third kappa shape index (κ3) is 7.22. The average Bonchev–Trinajstić information content (AvgIpc) is 3.20. The summed E-state index contributed by atoms with van der Waals surface area (Å²) in [7, 11) is 0. The minimum Gasteiger partial charge on any atom is -0.428 e. The molecule has 8 nitrogen and oxygen atoms in total. The molecule has 0 atom stereocenters. The summed E-state index contributed by atoms with van der Waals surface area (Å²) in [5.74, 6) is 1.88. The van der Waals surface area contributed by atoms with Gasteiger partial charge in [-0.25, -0.2) is 14.8 Å². The van der Waals surface area contributed by atoms with Crippen LogP contribution in [0.25, 0.3) is 22.3 Å². The zero-order valence-corrected chi connectivity index (χ0v) is 23.3. The minimum absolute atomic E-state index is 0.0456. The number of fused-ring (bicyclic) bond motifs is 1. The summed E-state index contributed by atoms with van der Waals surface area (Å²) >= 11 is 0. The number of nitrogens with one attached hydrogen (secondary N) is 1. The van der Waals surface area contributed by atoms with E-state index in [0.717, 1.165) is 52.9 Å². The molecule has 1 amide bonds. The van der Waals surface area contributed by atoms with Gasteiger partial charge in [-0.05, 0) is 62.9 Å². The second kappa shape index (κ2) is 12.1. The monoisotopic (exact) mass is 528 g/mol. The van der Waals surface area contributed by atoms with Crippen LogP contribution in [0.4, 0.5) is 10.6 Å². The first-order valence-corrected chi connectivity index (χ1v) is 13.4. The molecule has 2 heterocycles. The molecule has 0 bridgehead atoms. The van der Waals surface area contributed by atoms with Gasteiger partial charge in [0.05, 0.1) is 6.54 Å². The number of carbonyl (C=O) groups excluding carboxylic acids is 2. The summed E-state index contributed by atoms with van der Waals surface area (Å²) in [5, 5.41) is 2.89. The van der Waals surface area contributed by atoms with Gasteiger partial charge < -0.3 is 19.4 Å². The van der Waals surface area contributed by atoms with E-state index in [1.54, 1.807) is 32.9 Å². The number of ether oxygens (including phenoxy) is 2. The van der Waals surface area contributed by atoms with E-state index in [1.165, 1.54) is 0 Å². The molecule has 0 unspecified atom stereocenters. The number of para-hydroxylation sites is 1. The van der Waals surface area contributed by atoms with Gasteiger partial charge >= 0.3 is 6.16 Å². The van der Waals surface area contributed by atoms with Crippen molar-refractivity contribution in [2.75, 3.05) is 5.32 Å². The highest BCUT2D eigenvalue weighted by atomic mass is 16.7. The Morgan fingerprint density at radius 1 is 0.923 bits per heavy atom. The van der Waals surface area contributed by atoms with Crippen LogP contribution < -0.4 is 10.1 Å². The Labute approximate surface area is 229 Å². The molecule has 1 N–H and O–H groups in total. The van der Waals surface area contributed by atoms with Gasteiger partial charge in [-0.15, -0.1) is 0 Å². The molecule has 8 heteroatoms. The molecule has 0 radical (unpaired) electrons. The molecule has 4 aromatic rings. The van der Waals surface area contributed by atoms with E-state index >= 15 is 0 Å². The second-order valence-corrected chi connectivity index (χ2v) is 10.5. The fourth-order valence-corrected chi connectivity index (χ4v) is 4.26. The number of imidazole rings is 1. The zero-order chi connectivity index (χ0) is 28.0. The number of pyridine rings is 1. The summed E-state index contributed by atoms with van der Waals surface area (Å²) in [5.41, 5.74) is 3.69. The van der Waals surface area contributed by atoms with Gasteiger partial charge in [0.25, 0.3) is 0 Å². The largest absolute Gasteiger partial charge is 0.514 e. The molecule has 4 rings (SSSR count). The molecule has 0 spiro atoms. The maximum Gasteiger partial charge on any atom is 0.514 e. The number of anilines is 1. The first-order chi connectivity index (χ1) is 18.7. The van der Waals surface area contributed by atoms with Crippen molar-refractivity contribution in [3.8, 4) is 16.9 Å². The number of aromatic nitrogens is 3. The van der Waals surface area contributed by atoms with Gasteiger partial charge in [0.1, 0.15) is 28.5 Å². The van der Waals surface area contributed by atoms with E-state index in [2.05, 4.69) is 16.8 Å². The van der Waals surface area contributed by atoms with Crippen LogP contribution in [-0.4, -0.2) is 32.2 Å². The Morgan fingerprint density at radius 2 is 1.67 bits per heavy atom.